The van der Waals surface area contributed by atoms with E-state index in [1.165, 1.54) is 11.6 Å². The Balaban J connectivity index is 0.00000300. The van der Waals surface area contributed by atoms with Crippen LogP contribution in [0.2, 0.25) is 0 Å². The second-order valence-corrected chi connectivity index (χ2v) is 7.56. The maximum absolute atomic E-state index is 12.9. The van der Waals surface area contributed by atoms with Crippen LogP contribution in [0.15, 0.2) is 54.6 Å². The summed E-state index contributed by atoms with van der Waals surface area (Å²) in [6.45, 7) is 3.45. The van der Waals surface area contributed by atoms with E-state index in [-0.39, 0.29) is 36.6 Å². The summed E-state index contributed by atoms with van der Waals surface area (Å²) in [5.41, 5.74) is 6.94. The lowest BCUT2D eigenvalue weighted by atomic mass is 9.89. The van der Waals surface area contributed by atoms with E-state index in [4.69, 9.17) is 5.73 Å². The van der Waals surface area contributed by atoms with E-state index in [0.29, 0.717) is 25.2 Å². The number of carbonyl (C=O) groups excluding carboxylic acids is 1. The predicted octanol–water partition coefficient (Wildman–Crippen LogP) is 4.51. The number of hydrogen-bond acceptors (Lipinski definition) is 2. The number of nitrogens with zero attached hydrogens (tertiary/aromatic N) is 1. The van der Waals surface area contributed by atoms with Crippen LogP contribution in [-0.4, -0.2) is 30.4 Å². The van der Waals surface area contributed by atoms with Crippen molar-refractivity contribution < 1.29 is 18.0 Å². The lowest BCUT2D eigenvalue weighted by Crippen LogP contribution is -2.35. The molecule has 3 nitrogen and oxygen atoms in total. The number of rotatable bonds is 5. The van der Waals surface area contributed by atoms with Gasteiger partial charge in [-0.2, -0.15) is 13.2 Å². The van der Waals surface area contributed by atoms with Gasteiger partial charge in [0.2, 0.25) is 5.91 Å². The summed E-state index contributed by atoms with van der Waals surface area (Å²) in [6.07, 6.45) is -4.10. The van der Waals surface area contributed by atoms with Crippen molar-refractivity contribution in [2.75, 3.05) is 19.6 Å². The Kier molecular flexibility index (Phi) is 7.72. The number of alkyl halides is 3. The third kappa shape index (κ3) is 5.52. The van der Waals surface area contributed by atoms with Gasteiger partial charge in [0.25, 0.3) is 0 Å². The summed E-state index contributed by atoms with van der Waals surface area (Å²) in [4.78, 5) is 14.7. The number of hydrogen-bond donors (Lipinski definition) is 1. The fourth-order valence-corrected chi connectivity index (χ4v) is 4.00. The highest BCUT2D eigenvalue weighted by molar-refractivity contribution is 5.85. The third-order valence-electron chi connectivity index (χ3n) is 5.50. The summed E-state index contributed by atoms with van der Waals surface area (Å²) >= 11 is 0. The van der Waals surface area contributed by atoms with Gasteiger partial charge in [-0.05, 0) is 36.1 Å². The van der Waals surface area contributed by atoms with E-state index in [2.05, 4.69) is 0 Å². The van der Waals surface area contributed by atoms with E-state index in [1.807, 2.05) is 35.2 Å². The zero-order valence-corrected chi connectivity index (χ0v) is 17.0. The van der Waals surface area contributed by atoms with Gasteiger partial charge in [0.1, 0.15) is 0 Å². The number of halogens is 4. The van der Waals surface area contributed by atoms with E-state index in [1.54, 1.807) is 13.0 Å². The highest BCUT2D eigenvalue weighted by Crippen LogP contribution is 2.33. The maximum Gasteiger partial charge on any atom is 0.416 e. The minimum Gasteiger partial charge on any atom is -0.341 e. The molecule has 158 valence electrons. The van der Waals surface area contributed by atoms with Gasteiger partial charge in [-0.1, -0.05) is 55.5 Å². The van der Waals surface area contributed by atoms with E-state index < -0.39 is 17.7 Å². The van der Waals surface area contributed by atoms with Crippen molar-refractivity contribution in [3.05, 3.63) is 71.3 Å². The number of likely N-dealkylation sites (tertiary alicyclic amines) is 1. The molecule has 1 aliphatic rings. The van der Waals surface area contributed by atoms with Crippen molar-refractivity contribution in [1.29, 1.82) is 0 Å². The molecule has 1 fully saturated rings. The molecule has 0 spiro atoms. The average molecular weight is 427 g/mol. The molecule has 1 heterocycles. The summed E-state index contributed by atoms with van der Waals surface area (Å²) < 4.78 is 38.7. The van der Waals surface area contributed by atoms with Crippen LogP contribution in [0.3, 0.4) is 0 Å². The standard InChI is InChI=1S/C22H25F3N2O.ClH/c1-15(10-16-6-5-9-19(11-16)22(23,24)25)21(28)27-13-18(12-26)20(14-27)17-7-3-2-4-8-17;/h2-9,11,15,18,20H,10,12-14,26H2,1H3;1H/t15?,18-,20+;/m1./s1. The lowest BCUT2D eigenvalue weighted by molar-refractivity contribution is -0.137. The number of benzene rings is 2. The normalized spacial score (nSPS) is 20.2. The molecule has 0 aliphatic carbocycles. The number of nitrogens with two attached hydrogens (primary N) is 1. The van der Waals surface area contributed by atoms with Gasteiger partial charge in [0.15, 0.2) is 0 Å². The molecule has 2 aromatic carbocycles. The summed E-state index contributed by atoms with van der Waals surface area (Å²) in [7, 11) is 0. The monoisotopic (exact) mass is 426 g/mol. The van der Waals surface area contributed by atoms with Crippen molar-refractivity contribution in [3.8, 4) is 0 Å². The van der Waals surface area contributed by atoms with Crippen LogP contribution in [0.25, 0.3) is 0 Å². The smallest absolute Gasteiger partial charge is 0.341 e. The van der Waals surface area contributed by atoms with Crippen LogP contribution in [-0.2, 0) is 17.4 Å². The van der Waals surface area contributed by atoms with Crippen molar-refractivity contribution in [2.45, 2.75) is 25.4 Å². The molecule has 2 aromatic rings. The molecule has 1 unspecified atom stereocenters. The van der Waals surface area contributed by atoms with Crippen LogP contribution < -0.4 is 5.73 Å². The zero-order valence-electron chi connectivity index (χ0n) is 16.2. The van der Waals surface area contributed by atoms with Crippen LogP contribution in [0.5, 0.6) is 0 Å². The van der Waals surface area contributed by atoms with Gasteiger partial charge < -0.3 is 10.6 Å². The van der Waals surface area contributed by atoms with Gasteiger partial charge in [0.05, 0.1) is 5.56 Å². The molecule has 3 rings (SSSR count). The Morgan fingerprint density at radius 2 is 1.83 bits per heavy atom. The first-order valence-electron chi connectivity index (χ1n) is 9.49. The maximum atomic E-state index is 12.9. The Labute approximate surface area is 175 Å². The highest BCUT2D eigenvalue weighted by Gasteiger charge is 2.36. The largest absolute Gasteiger partial charge is 0.416 e. The van der Waals surface area contributed by atoms with Gasteiger partial charge in [-0.15, -0.1) is 12.4 Å². The molecule has 0 bridgehead atoms. The van der Waals surface area contributed by atoms with Gasteiger partial charge in [-0.3, -0.25) is 4.79 Å². The zero-order chi connectivity index (χ0) is 20.3. The molecule has 7 heteroatoms. The number of carbonyl (C=O) groups is 1. The fourth-order valence-electron chi connectivity index (χ4n) is 4.00. The fraction of sp³-hybridized carbons (Fsp3) is 0.409. The molecular formula is C22H26ClF3N2O. The van der Waals surface area contributed by atoms with Crippen molar-refractivity contribution in [2.24, 2.45) is 17.6 Å². The summed E-state index contributed by atoms with van der Waals surface area (Å²) in [5, 5.41) is 0. The minimum absolute atomic E-state index is 0. The molecule has 29 heavy (non-hydrogen) atoms. The molecule has 0 radical (unpaired) electrons. The Morgan fingerprint density at radius 1 is 1.14 bits per heavy atom. The molecule has 1 saturated heterocycles. The Bertz CT molecular complexity index is 813. The first-order valence-corrected chi connectivity index (χ1v) is 9.49. The quantitative estimate of drug-likeness (QED) is 0.764. The first kappa shape index (κ1) is 23.2. The highest BCUT2D eigenvalue weighted by atomic mass is 35.5. The first-order chi connectivity index (χ1) is 13.3. The average Bonchev–Trinajstić information content (AvgIpc) is 3.12. The molecule has 3 atom stereocenters. The van der Waals surface area contributed by atoms with Crippen LogP contribution in [0.4, 0.5) is 13.2 Å². The minimum atomic E-state index is -4.38. The van der Waals surface area contributed by atoms with E-state index >= 15 is 0 Å². The summed E-state index contributed by atoms with van der Waals surface area (Å²) in [5.74, 6) is -0.0475. The lowest BCUT2D eigenvalue weighted by Gasteiger charge is -2.21. The van der Waals surface area contributed by atoms with Gasteiger partial charge in [-0.25, -0.2) is 0 Å². The van der Waals surface area contributed by atoms with Gasteiger partial charge in [0, 0.05) is 24.9 Å². The Hall–Kier alpha value is -2.05. The van der Waals surface area contributed by atoms with Crippen molar-refractivity contribution in [3.63, 3.8) is 0 Å². The predicted molar refractivity (Wildman–Crippen MR) is 110 cm³/mol. The number of amides is 1. The molecular weight excluding hydrogens is 401 g/mol. The van der Waals surface area contributed by atoms with E-state index in [0.717, 1.165) is 12.1 Å². The van der Waals surface area contributed by atoms with Crippen molar-refractivity contribution >= 4 is 18.3 Å². The van der Waals surface area contributed by atoms with Crippen molar-refractivity contribution in [1.82, 2.24) is 4.90 Å². The molecule has 1 amide bonds. The van der Waals surface area contributed by atoms with E-state index in [9.17, 15) is 18.0 Å². The molecule has 2 N–H and O–H groups in total. The summed E-state index contributed by atoms with van der Waals surface area (Å²) in [6, 6.07) is 15.2. The SMILES string of the molecule is CC(Cc1cccc(C(F)(F)F)c1)C(=O)N1C[C@@H](CN)[C@H](c2ccccc2)C1.Cl. The second kappa shape index (κ2) is 9.63. The van der Waals surface area contributed by atoms with Crippen LogP contribution >= 0.6 is 12.4 Å². The second-order valence-electron chi connectivity index (χ2n) is 7.56. The Morgan fingerprint density at radius 3 is 2.45 bits per heavy atom. The van der Waals surface area contributed by atoms with Crippen LogP contribution in [0.1, 0.15) is 29.5 Å². The third-order valence-corrected chi connectivity index (χ3v) is 5.50. The topological polar surface area (TPSA) is 46.3 Å². The van der Waals surface area contributed by atoms with Gasteiger partial charge >= 0.3 is 6.18 Å². The molecule has 0 saturated carbocycles. The molecule has 1 aliphatic heterocycles. The van der Waals surface area contributed by atoms with Crippen LogP contribution in [0, 0.1) is 11.8 Å². The molecule has 0 aromatic heterocycles.